The Labute approximate surface area is 112 Å². The second kappa shape index (κ2) is 5.74. The van der Waals surface area contributed by atoms with Crippen LogP contribution in [0, 0.1) is 0 Å². The van der Waals surface area contributed by atoms with Gasteiger partial charge in [0.1, 0.15) is 0 Å². The van der Waals surface area contributed by atoms with Crippen molar-refractivity contribution in [3.05, 3.63) is 53.3 Å². The first-order valence-electron chi connectivity index (χ1n) is 5.82. The molecule has 4 heteroatoms. The van der Waals surface area contributed by atoms with Crippen molar-refractivity contribution in [3.8, 4) is 0 Å². The first-order valence-corrected chi connectivity index (χ1v) is 6.19. The predicted molar refractivity (Wildman–Crippen MR) is 77.1 cm³/mol. The number of pyridine rings is 1. The molecule has 0 atom stereocenters. The van der Waals surface area contributed by atoms with Gasteiger partial charge in [-0.15, -0.1) is 0 Å². The molecule has 0 unspecified atom stereocenters. The van der Waals surface area contributed by atoms with Crippen LogP contribution in [0.15, 0.2) is 42.7 Å². The summed E-state index contributed by atoms with van der Waals surface area (Å²) in [5.74, 6) is 0. The van der Waals surface area contributed by atoms with E-state index < -0.39 is 0 Å². The summed E-state index contributed by atoms with van der Waals surface area (Å²) in [6.45, 7) is 0.899. The molecule has 0 saturated carbocycles. The van der Waals surface area contributed by atoms with Crippen LogP contribution in [-0.2, 0) is 6.42 Å². The Morgan fingerprint density at radius 2 is 1.94 bits per heavy atom. The van der Waals surface area contributed by atoms with Crippen LogP contribution in [0.3, 0.4) is 0 Å². The summed E-state index contributed by atoms with van der Waals surface area (Å²) >= 11 is 5.89. The van der Waals surface area contributed by atoms with Crippen LogP contribution in [0.5, 0.6) is 0 Å². The molecule has 0 aliphatic rings. The fraction of sp³-hybridized carbons (Fsp3) is 0.214. The highest BCUT2D eigenvalue weighted by atomic mass is 35.5. The van der Waals surface area contributed by atoms with Gasteiger partial charge in [-0.3, -0.25) is 4.98 Å². The van der Waals surface area contributed by atoms with Crippen molar-refractivity contribution in [1.29, 1.82) is 0 Å². The predicted octanol–water partition coefficient (Wildman–Crippen LogP) is 3.00. The van der Waals surface area contributed by atoms with Gasteiger partial charge < -0.3 is 10.6 Å². The van der Waals surface area contributed by atoms with E-state index in [1.807, 2.05) is 43.7 Å². The van der Waals surface area contributed by atoms with Gasteiger partial charge in [0.2, 0.25) is 0 Å². The smallest absolute Gasteiger partial charge is 0.0598 e. The van der Waals surface area contributed by atoms with Gasteiger partial charge in [-0.2, -0.15) is 0 Å². The summed E-state index contributed by atoms with van der Waals surface area (Å²) in [7, 11) is 2.03. The molecule has 2 rings (SSSR count). The number of hydrogen-bond donors (Lipinski definition) is 1. The lowest BCUT2D eigenvalue weighted by Gasteiger charge is -2.21. The number of nitrogens with two attached hydrogens (primary N) is 1. The van der Waals surface area contributed by atoms with E-state index in [1.165, 1.54) is 5.56 Å². The number of rotatable bonds is 4. The lowest BCUT2D eigenvalue weighted by atomic mass is 10.2. The highest BCUT2D eigenvalue weighted by molar-refractivity contribution is 6.31. The quantitative estimate of drug-likeness (QED) is 0.861. The molecule has 18 heavy (non-hydrogen) atoms. The maximum absolute atomic E-state index is 5.96. The minimum atomic E-state index is 0.666. The average molecular weight is 262 g/mol. The maximum Gasteiger partial charge on any atom is 0.0598 e. The lowest BCUT2D eigenvalue weighted by Crippen LogP contribution is -2.21. The van der Waals surface area contributed by atoms with Crippen molar-refractivity contribution in [1.82, 2.24) is 4.98 Å². The van der Waals surface area contributed by atoms with Crippen LogP contribution >= 0.6 is 11.6 Å². The molecular weight excluding hydrogens is 246 g/mol. The van der Waals surface area contributed by atoms with Gasteiger partial charge in [-0.25, -0.2) is 0 Å². The molecule has 2 N–H and O–H groups in total. The molecule has 1 aromatic heterocycles. The molecule has 94 valence electrons. The number of nitrogens with zero attached hydrogens (tertiary/aromatic N) is 2. The summed E-state index contributed by atoms with van der Waals surface area (Å²) in [4.78, 5) is 6.14. The first kappa shape index (κ1) is 12.7. The Morgan fingerprint density at radius 1 is 1.22 bits per heavy atom. The molecular formula is C14H16ClN3. The van der Waals surface area contributed by atoms with E-state index >= 15 is 0 Å². The van der Waals surface area contributed by atoms with Gasteiger partial charge in [-0.05, 0) is 42.3 Å². The number of halogens is 1. The van der Waals surface area contributed by atoms with Gasteiger partial charge >= 0.3 is 0 Å². The molecule has 0 spiro atoms. The zero-order chi connectivity index (χ0) is 13.0. The number of benzene rings is 1. The fourth-order valence-corrected chi connectivity index (χ4v) is 2.02. The standard InChI is InChI=1S/C14H16ClN3/c1-18(9-6-11-4-7-17-8-5-11)14-3-2-12(15)10-13(14)16/h2-5,7-8,10H,6,9,16H2,1H3. The second-order valence-corrected chi connectivity index (χ2v) is 4.67. The van der Waals surface area contributed by atoms with E-state index in [-0.39, 0.29) is 0 Å². The Kier molecular flexibility index (Phi) is 4.05. The van der Waals surface area contributed by atoms with E-state index in [9.17, 15) is 0 Å². The molecule has 0 radical (unpaired) electrons. The Balaban J connectivity index is 2.01. The Bertz CT molecular complexity index is 514. The molecule has 0 amide bonds. The zero-order valence-corrected chi connectivity index (χ0v) is 11.1. The highest BCUT2D eigenvalue weighted by Crippen LogP contribution is 2.25. The lowest BCUT2D eigenvalue weighted by molar-refractivity contribution is 0.876. The van der Waals surface area contributed by atoms with Crippen LogP contribution in [0.2, 0.25) is 5.02 Å². The normalized spacial score (nSPS) is 10.3. The van der Waals surface area contributed by atoms with Gasteiger partial charge in [0.15, 0.2) is 0 Å². The van der Waals surface area contributed by atoms with Crippen LogP contribution in [-0.4, -0.2) is 18.6 Å². The molecule has 0 fully saturated rings. The Hall–Kier alpha value is -1.74. The van der Waals surface area contributed by atoms with E-state index in [0.29, 0.717) is 10.7 Å². The van der Waals surface area contributed by atoms with Gasteiger partial charge in [0, 0.05) is 31.0 Å². The summed E-state index contributed by atoms with van der Waals surface area (Å²) in [5, 5.41) is 0.666. The summed E-state index contributed by atoms with van der Waals surface area (Å²) in [6, 6.07) is 9.64. The van der Waals surface area contributed by atoms with Crippen molar-refractivity contribution in [2.45, 2.75) is 6.42 Å². The molecule has 0 aliphatic carbocycles. The van der Waals surface area contributed by atoms with Gasteiger partial charge in [-0.1, -0.05) is 11.6 Å². The van der Waals surface area contributed by atoms with E-state index in [2.05, 4.69) is 9.88 Å². The van der Waals surface area contributed by atoms with Crippen molar-refractivity contribution in [2.24, 2.45) is 0 Å². The third kappa shape index (κ3) is 3.14. The number of nitrogen functional groups attached to an aromatic ring is 1. The third-order valence-electron chi connectivity index (χ3n) is 2.89. The van der Waals surface area contributed by atoms with Crippen molar-refractivity contribution in [2.75, 3.05) is 24.2 Å². The minimum absolute atomic E-state index is 0.666. The number of aromatic nitrogens is 1. The molecule has 2 aromatic rings. The van der Waals surface area contributed by atoms with Crippen LogP contribution in [0.4, 0.5) is 11.4 Å². The number of likely N-dealkylation sites (N-methyl/N-ethyl adjacent to an activating group) is 1. The summed E-state index contributed by atoms with van der Waals surface area (Å²) in [5.41, 5.74) is 8.94. The number of hydrogen-bond acceptors (Lipinski definition) is 3. The molecule has 1 heterocycles. The zero-order valence-electron chi connectivity index (χ0n) is 10.3. The van der Waals surface area contributed by atoms with E-state index in [4.69, 9.17) is 17.3 Å². The second-order valence-electron chi connectivity index (χ2n) is 4.23. The fourth-order valence-electron chi connectivity index (χ4n) is 1.84. The molecule has 3 nitrogen and oxygen atoms in total. The first-order chi connectivity index (χ1) is 8.66. The monoisotopic (exact) mass is 261 g/mol. The molecule has 0 aliphatic heterocycles. The van der Waals surface area contributed by atoms with Crippen molar-refractivity contribution in [3.63, 3.8) is 0 Å². The average Bonchev–Trinajstić information content (AvgIpc) is 2.37. The molecule has 0 saturated heterocycles. The topological polar surface area (TPSA) is 42.2 Å². The van der Waals surface area contributed by atoms with Crippen molar-refractivity contribution < 1.29 is 0 Å². The van der Waals surface area contributed by atoms with Gasteiger partial charge in [0.25, 0.3) is 0 Å². The Morgan fingerprint density at radius 3 is 2.61 bits per heavy atom. The van der Waals surface area contributed by atoms with Gasteiger partial charge in [0.05, 0.1) is 11.4 Å². The summed E-state index contributed by atoms with van der Waals surface area (Å²) < 4.78 is 0. The minimum Gasteiger partial charge on any atom is -0.397 e. The largest absolute Gasteiger partial charge is 0.397 e. The highest BCUT2D eigenvalue weighted by Gasteiger charge is 2.05. The maximum atomic E-state index is 5.96. The van der Waals surface area contributed by atoms with Crippen LogP contribution in [0.1, 0.15) is 5.56 Å². The molecule has 1 aromatic carbocycles. The van der Waals surface area contributed by atoms with Crippen molar-refractivity contribution >= 4 is 23.0 Å². The van der Waals surface area contributed by atoms with Crippen LogP contribution in [0.25, 0.3) is 0 Å². The SMILES string of the molecule is CN(CCc1ccncc1)c1ccc(Cl)cc1N. The summed E-state index contributed by atoms with van der Waals surface area (Å²) in [6.07, 6.45) is 4.58. The van der Waals surface area contributed by atoms with Crippen LogP contribution < -0.4 is 10.6 Å². The third-order valence-corrected chi connectivity index (χ3v) is 3.12. The molecule has 0 bridgehead atoms. The number of anilines is 2. The van der Waals surface area contributed by atoms with E-state index in [0.717, 1.165) is 18.7 Å². The van der Waals surface area contributed by atoms with E-state index in [1.54, 1.807) is 6.07 Å².